The van der Waals surface area contributed by atoms with Gasteiger partial charge in [-0.1, -0.05) is 0 Å². The number of nitrogens with one attached hydrogen (secondary N) is 1. The van der Waals surface area contributed by atoms with E-state index >= 15 is 0 Å². The first-order chi connectivity index (χ1) is 7.78. The van der Waals surface area contributed by atoms with Crippen LogP contribution in [-0.4, -0.2) is 41.5 Å². The maximum absolute atomic E-state index is 11.7. The molecule has 0 aromatic rings. The number of carbonyl (C=O) groups is 1. The number of nitrogens with two attached hydrogens (primary N) is 1. The van der Waals surface area contributed by atoms with Crippen molar-refractivity contribution in [1.82, 2.24) is 10.2 Å². The molecular formula is C13H27N3O. The lowest BCUT2D eigenvalue weighted by Crippen LogP contribution is -2.48. The molecule has 1 fully saturated rings. The number of carbonyl (C=O) groups excluding carboxylic acids is 1. The first-order valence-corrected chi connectivity index (χ1v) is 6.60. The smallest absolute Gasteiger partial charge is 0.222 e. The van der Waals surface area contributed by atoms with Crippen molar-refractivity contribution in [3.63, 3.8) is 0 Å². The molecule has 0 aromatic carbocycles. The molecule has 0 atom stereocenters. The maximum Gasteiger partial charge on any atom is 0.222 e. The highest BCUT2D eigenvalue weighted by atomic mass is 16.1. The van der Waals surface area contributed by atoms with Gasteiger partial charge in [-0.05, 0) is 40.5 Å². The van der Waals surface area contributed by atoms with Gasteiger partial charge in [-0.2, -0.15) is 0 Å². The summed E-state index contributed by atoms with van der Waals surface area (Å²) < 4.78 is 0. The Morgan fingerprint density at radius 1 is 1.41 bits per heavy atom. The van der Waals surface area contributed by atoms with Gasteiger partial charge in [-0.25, -0.2) is 0 Å². The zero-order valence-corrected chi connectivity index (χ0v) is 11.6. The van der Waals surface area contributed by atoms with Gasteiger partial charge in [0.25, 0.3) is 0 Å². The normalized spacial score (nSPS) is 19.6. The summed E-state index contributed by atoms with van der Waals surface area (Å²) in [6, 6.07) is 0.939. The van der Waals surface area contributed by atoms with Crippen LogP contribution in [0.1, 0.15) is 47.0 Å². The van der Waals surface area contributed by atoms with Crippen LogP contribution in [0, 0.1) is 0 Å². The van der Waals surface area contributed by atoms with Gasteiger partial charge in [-0.3, -0.25) is 4.79 Å². The number of hydrogen-bond acceptors (Lipinski definition) is 3. The monoisotopic (exact) mass is 241 g/mol. The van der Waals surface area contributed by atoms with Crippen LogP contribution in [0.3, 0.4) is 0 Å². The third-order valence-corrected chi connectivity index (χ3v) is 3.24. The van der Waals surface area contributed by atoms with Gasteiger partial charge in [0.1, 0.15) is 0 Å². The number of likely N-dealkylation sites (tertiary alicyclic amines) is 1. The molecule has 1 rings (SSSR count). The van der Waals surface area contributed by atoms with Crippen molar-refractivity contribution in [2.75, 3.05) is 13.1 Å². The summed E-state index contributed by atoms with van der Waals surface area (Å²) in [5.74, 6) is 0.0838. The molecule has 17 heavy (non-hydrogen) atoms. The molecule has 100 valence electrons. The van der Waals surface area contributed by atoms with Gasteiger partial charge in [-0.15, -0.1) is 0 Å². The first kappa shape index (κ1) is 14.5. The summed E-state index contributed by atoms with van der Waals surface area (Å²) in [5, 5.41) is 3.09. The third-order valence-electron chi connectivity index (χ3n) is 3.24. The quantitative estimate of drug-likeness (QED) is 0.775. The Morgan fingerprint density at radius 3 is 2.35 bits per heavy atom. The predicted molar refractivity (Wildman–Crippen MR) is 70.8 cm³/mol. The Morgan fingerprint density at radius 2 is 1.94 bits per heavy atom. The van der Waals surface area contributed by atoms with Crippen LogP contribution in [0.15, 0.2) is 0 Å². The van der Waals surface area contributed by atoms with E-state index in [2.05, 4.69) is 24.1 Å². The number of amides is 1. The fraction of sp³-hybridized carbons (Fsp3) is 0.923. The van der Waals surface area contributed by atoms with Gasteiger partial charge in [0, 0.05) is 37.1 Å². The number of rotatable bonds is 4. The molecule has 0 saturated carbocycles. The lowest BCUT2D eigenvalue weighted by atomic mass is 10.00. The van der Waals surface area contributed by atoms with Crippen LogP contribution in [0.2, 0.25) is 0 Å². The highest BCUT2D eigenvalue weighted by molar-refractivity contribution is 5.77. The molecule has 1 heterocycles. The van der Waals surface area contributed by atoms with E-state index in [0.717, 1.165) is 25.9 Å². The number of hydrogen-bond donors (Lipinski definition) is 2. The molecule has 1 aliphatic rings. The minimum Gasteiger partial charge on any atom is -0.353 e. The van der Waals surface area contributed by atoms with Crippen molar-refractivity contribution in [3.8, 4) is 0 Å². The number of nitrogens with zero attached hydrogens (tertiary/aromatic N) is 1. The van der Waals surface area contributed by atoms with Crippen molar-refractivity contribution in [1.29, 1.82) is 0 Å². The Balaban J connectivity index is 2.29. The Labute approximate surface area is 105 Å². The van der Waals surface area contributed by atoms with Crippen molar-refractivity contribution in [2.24, 2.45) is 5.73 Å². The standard InChI is InChI=1S/C13H27N3O/c1-10(2)16-7-5-11(6-8-16)15-12(17)9-13(3,4)14/h10-11H,5-9,14H2,1-4H3,(H,15,17). The topological polar surface area (TPSA) is 58.4 Å². The molecule has 3 N–H and O–H groups in total. The molecule has 1 aliphatic heterocycles. The van der Waals surface area contributed by atoms with Crippen molar-refractivity contribution >= 4 is 5.91 Å². The molecule has 0 aromatic heterocycles. The van der Waals surface area contributed by atoms with Gasteiger partial charge in [0.2, 0.25) is 5.91 Å². The van der Waals surface area contributed by atoms with Crippen LogP contribution < -0.4 is 11.1 Å². The summed E-state index contributed by atoms with van der Waals surface area (Å²) >= 11 is 0. The minimum absolute atomic E-state index is 0.0838. The fourth-order valence-corrected chi connectivity index (χ4v) is 2.25. The average Bonchev–Trinajstić information content (AvgIpc) is 2.15. The molecule has 0 aliphatic carbocycles. The molecule has 1 amide bonds. The number of piperidine rings is 1. The van der Waals surface area contributed by atoms with Gasteiger partial charge < -0.3 is 16.0 Å². The highest BCUT2D eigenvalue weighted by Gasteiger charge is 2.23. The van der Waals surface area contributed by atoms with Crippen molar-refractivity contribution in [3.05, 3.63) is 0 Å². The average molecular weight is 241 g/mol. The zero-order valence-electron chi connectivity index (χ0n) is 11.6. The highest BCUT2D eigenvalue weighted by Crippen LogP contribution is 2.13. The van der Waals surface area contributed by atoms with E-state index in [4.69, 9.17) is 5.73 Å². The van der Waals surface area contributed by atoms with Crippen molar-refractivity contribution < 1.29 is 4.79 Å². The lowest BCUT2D eigenvalue weighted by Gasteiger charge is -2.35. The largest absolute Gasteiger partial charge is 0.353 e. The van der Waals surface area contributed by atoms with Crippen molar-refractivity contribution in [2.45, 2.75) is 64.6 Å². The van der Waals surface area contributed by atoms with Crippen LogP contribution in [0.5, 0.6) is 0 Å². The Bertz CT molecular complexity index is 250. The van der Waals surface area contributed by atoms with Crippen LogP contribution in [0.4, 0.5) is 0 Å². The summed E-state index contributed by atoms with van der Waals surface area (Å²) in [5.41, 5.74) is 5.42. The molecule has 4 nitrogen and oxygen atoms in total. The second-order valence-electron chi connectivity index (χ2n) is 6.14. The molecule has 4 heteroatoms. The molecule has 1 saturated heterocycles. The van der Waals surface area contributed by atoms with Crippen LogP contribution >= 0.6 is 0 Å². The summed E-state index contributed by atoms with van der Waals surface area (Å²) in [6.45, 7) is 10.4. The van der Waals surface area contributed by atoms with E-state index in [1.807, 2.05) is 13.8 Å². The zero-order chi connectivity index (χ0) is 13.1. The van der Waals surface area contributed by atoms with E-state index in [0.29, 0.717) is 18.5 Å². The van der Waals surface area contributed by atoms with E-state index < -0.39 is 5.54 Å². The van der Waals surface area contributed by atoms with E-state index in [9.17, 15) is 4.79 Å². The summed E-state index contributed by atoms with van der Waals surface area (Å²) in [4.78, 5) is 14.2. The first-order valence-electron chi connectivity index (χ1n) is 6.60. The van der Waals surface area contributed by atoms with Gasteiger partial charge >= 0.3 is 0 Å². The minimum atomic E-state index is -0.414. The van der Waals surface area contributed by atoms with E-state index in [1.54, 1.807) is 0 Å². The summed E-state index contributed by atoms with van der Waals surface area (Å²) in [7, 11) is 0. The third kappa shape index (κ3) is 5.50. The Kier molecular flexibility index (Phi) is 4.95. The summed E-state index contributed by atoms with van der Waals surface area (Å²) in [6.07, 6.45) is 2.50. The van der Waals surface area contributed by atoms with E-state index in [-0.39, 0.29) is 5.91 Å². The molecule has 0 radical (unpaired) electrons. The SMILES string of the molecule is CC(C)N1CCC(NC(=O)CC(C)(C)N)CC1. The lowest BCUT2D eigenvalue weighted by molar-refractivity contribution is -0.123. The molecule has 0 bridgehead atoms. The van der Waals surface area contributed by atoms with Gasteiger partial charge in [0.05, 0.1) is 0 Å². The van der Waals surface area contributed by atoms with Crippen LogP contribution in [-0.2, 0) is 4.79 Å². The maximum atomic E-state index is 11.7. The second kappa shape index (κ2) is 5.83. The predicted octanol–water partition coefficient (Wildman–Crippen LogP) is 1.10. The fourth-order valence-electron chi connectivity index (χ4n) is 2.25. The molecular weight excluding hydrogens is 214 g/mol. The van der Waals surface area contributed by atoms with E-state index in [1.165, 1.54) is 0 Å². The molecule has 0 spiro atoms. The second-order valence-corrected chi connectivity index (χ2v) is 6.14. The Hall–Kier alpha value is -0.610. The van der Waals surface area contributed by atoms with Crippen LogP contribution in [0.25, 0.3) is 0 Å². The molecule has 0 unspecified atom stereocenters. The van der Waals surface area contributed by atoms with Gasteiger partial charge in [0.15, 0.2) is 0 Å².